The van der Waals surface area contributed by atoms with Gasteiger partial charge in [-0.05, 0) is 37.6 Å². The SMILES string of the molecule is Nc1cc(-c2ccc(CN3CCCCC3)c(Cl)c2)on1. The normalized spacial score (nSPS) is 16.4. The van der Waals surface area contributed by atoms with E-state index in [1.807, 2.05) is 12.1 Å². The van der Waals surface area contributed by atoms with Gasteiger partial charge in [-0.3, -0.25) is 4.90 Å². The Labute approximate surface area is 123 Å². The van der Waals surface area contributed by atoms with Gasteiger partial charge in [0.25, 0.3) is 0 Å². The Kier molecular flexibility index (Phi) is 3.94. The number of aromatic nitrogens is 1. The monoisotopic (exact) mass is 291 g/mol. The minimum absolute atomic E-state index is 0.383. The highest BCUT2D eigenvalue weighted by molar-refractivity contribution is 6.31. The molecule has 0 radical (unpaired) electrons. The zero-order chi connectivity index (χ0) is 13.9. The molecule has 1 saturated heterocycles. The number of nitrogens with zero attached hydrogens (tertiary/aromatic N) is 2. The minimum atomic E-state index is 0.383. The summed E-state index contributed by atoms with van der Waals surface area (Å²) in [5.41, 5.74) is 7.62. The summed E-state index contributed by atoms with van der Waals surface area (Å²) in [6, 6.07) is 7.69. The van der Waals surface area contributed by atoms with Gasteiger partial charge in [0.05, 0.1) is 0 Å². The molecule has 1 aliphatic heterocycles. The van der Waals surface area contributed by atoms with E-state index in [1.54, 1.807) is 6.07 Å². The van der Waals surface area contributed by atoms with E-state index in [9.17, 15) is 0 Å². The molecule has 0 aliphatic carbocycles. The van der Waals surface area contributed by atoms with Gasteiger partial charge in [-0.15, -0.1) is 0 Å². The smallest absolute Gasteiger partial charge is 0.169 e. The first-order chi connectivity index (χ1) is 9.72. The van der Waals surface area contributed by atoms with Crippen molar-refractivity contribution in [1.29, 1.82) is 0 Å². The fourth-order valence-corrected chi connectivity index (χ4v) is 2.85. The van der Waals surface area contributed by atoms with Gasteiger partial charge in [-0.1, -0.05) is 35.3 Å². The number of likely N-dealkylation sites (tertiary alicyclic amines) is 1. The average molecular weight is 292 g/mol. The van der Waals surface area contributed by atoms with Crippen molar-refractivity contribution in [2.45, 2.75) is 25.8 Å². The average Bonchev–Trinajstić information content (AvgIpc) is 2.89. The lowest BCUT2D eigenvalue weighted by Gasteiger charge is -2.26. The molecule has 1 aliphatic rings. The van der Waals surface area contributed by atoms with Crippen LogP contribution < -0.4 is 5.73 Å². The lowest BCUT2D eigenvalue weighted by molar-refractivity contribution is 0.221. The molecular formula is C15H18ClN3O. The van der Waals surface area contributed by atoms with Crippen molar-refractivity contribution in [1.82, 2.24) is 10.1 Å². The largest absolute Gasteiger partial charge is 0.381 e. The number of halogens is 1. The van der Waals surface area contributed by atoms with Crippen molar-refractivity contribution < 1.29 is 4.52 Å². The third kappa shape index (κ3) is 2.97. The maximum absolute atomic E-state index is 6.39. The third-order valence-corrected chi connectivity index (χ3v) is 4.06. The lowest BCUT2D eigenvalue weighted by Crippen LogP contribution is -2.29. The zero-order valence-electron chi connectivity index (χ0n) is 11.3. The second-order valence-corrected chi connectivity index (χ2v) is 5.67. The molecule has 1 aromatic carbocycles. The van der Waals surface area contributed by atoms with Gasteiger partial charge in [0, 0.05) is 23.2 Å². The standard InChI is InChI=1S/C15H18ClN3O/c16-13-8-11(14-9-15(17)18-20-14)4-5-12(13)10-19-6-2-1-3-7-19/h4-5,8-9H,1-3,6-7,10H2,(H2,17,18). The van der Waals surface area contributed by atoms with Crippen molar-refractivity contribution >= 4 is 17.4 Å². The summed E-state index contributed by atoms with van der Waals surface area (Å²) in [6.07, 6.45) is 3.91. The molecule has 0 spiro atoms. The number of benzene rings is 1. The van der Waals surface area contributed by atoms with E-state index in [0.717, 1.165) is 35.8 Å². The summed E-state index contributed by atoms with van der Waals surface area (Å²) in [4.78, 5) is 2.46. The van der Waals surface area contributed by atoms with E-state index < -0.39 is 0 Å². The van der Waals surface area contributed by atoms with Gasteiger partial charge in [0.2, 0.25) is 0 Å². The highest BCUT2D eigenvalue weighted by atomic mass is 35.5. The first-order valence-electron chi connectivity index (χ1n) is 6.96. The molecule has 1 fully saturated rings. The predicted octanol–water partition coefficient (Wildman–Crippen LogP) is 3.56. The minimum Gasteiger partial charge on any atom is -0.381 e. The van der Waals surface area contributed by atoms with Crippen LogP contribution in [0.3, 0.4) is 0 Å². The van der Waals surface area contributed by atoms with Crippen molar-refractivity contribution in [3.05, 3.63) is 34.9 Å². The van der Waals surface area contributed by atoms with Gasteiger partial charge in [0.1, 0.15) is 0 Å². The molecule has 4 nitrogen and oxygen atoms in total. The Balaban J connectivity index is 1.76. The number of rotatable bonds is 3. The van der Waals surface area contributed by atoms with Crippen LogP contribution in [0.25, 0.3) is 11.3 Å². The van der Waals surface area contributed by atoms with Gasteiger partial charge in [-0.2, -0.15) is 0 Å². The van der Waals surface area contributed by atoms with E-state index in [2.05, 4.69) is 16.1 Å². The molecule has 3 rings (SSSR count). The third-order valence-electron chi connectivity index (χ3n) is 3.71. The molecule has 106 valence electrons. The second kappa shape index (κ2) is 5.85. The molecule has 0 bridgehead atoms. The van der Waals surface area contributed by atoms with Crippen LogP contribution in [0, 0.1) is 0 Å². The van der Waals surface area contributed by atoms with Crippen LogP contribution in [0.2, 0.25) is 5.02 Å². The van der Waals surface area contributed by atoms with Crippen LogP contribution in [0.15, 0.2) is 28.8 Å². The van der Waals surface area contributed by atoms with E-state index >= 15 is 0 Å². The van der Waals surface area contributed by atoms with Gasteiger partial charge >= 0.3 is 0 Å². The molecule has 1 aromatic heterocycles. The Morgan fingerprint density at radius 2 is 2.00 bits per heavy atom. The predicted molar refractivity (Wildman–Crippen MR) is 80.5 cm³/mol. The van der Waals surface area contributed by atoms with Crippen LogP contribution in [0.4, 0.5) is 5.82 Å². The van der Waals surface area contributed by atoms with E-state index in [4.69, 9.17) is 21.9 Å². The lowest BCUT2D eigenvalue weighted by atomic mass is 10.1. The summed E-state index contributed by atoms with van der Waals surface area (Å²) in [5.74, 6) is 1.03. The van der Waals surface area contributed by atoms with Crippen molar-refractivity contribution in [2.24, 2.45) is 0 Å². The van der Waals surface area contributed by atoms with Crippen LogP contribution in [0.1, 0.15) is 24.8 Å². The highest BCUT2D eigenvalue weighted by Gasteiger charge is 2.13. The maximum atomic E-state index is 6.39. The van der Waals surface area contributed by atoms with Crippen LogP contribution in [0.5, 0.6) is 0 Å². The molecular weight excluding hydrogens is 274 g/mol. The molecule has 2 aromatic rings. The first kappa shape index (κ1) is 13.5. The fourth-order valence-electron chi connectivity index (χ4n) is 2.61. The Bertz CT molecular complexity index is 591. The Morgan fingerprint density at radius 3 is 2.65 bits per heavy atom. The summed E-state index contributed by atoms with van der Waals surface area (Å²) in [6.45, 7) is 3.24. The van der Waals surface area contributed by atoms with E-state index in [-0.39, 0.29) is 0 Å². The fraction of sp³-hybridized carbons (Fsp3) is 0.400. The van der Waals surface area contributed by atoms with Crippen molar-refractivity contribution in [2.75, 3.05) is 18.8 Å². The second-order valence-electron chi connectivity index (χ2n) is 5.26. The summed E-state index contributed by atoms with van der Waals surface area (Å²) < 4.78 is 5.15. The molecule has 2 heterocycles. The Morgan fingerprint density at radius 1 is 1.20 bits per heavy atom. The summed E-state index contributed by atoms with van der Waals surface area (Å²) in [5, 5.41) is 4.46. The van der Waals surface area contributed by atoms with Crippen LogP contribution in [-0.4, -0.2) is 23.1 Å². The Hall–Kier alpha value is -1.52. The number of nitrogens with two attached hydrogens (primary N) is 1. The van der Waals surface area contributed by atoms with Gasteiger partial charge in [0.15, 0.2) is 11.6 Å². The maximum Gasteiger partial charge on any atom is 0.169 e. The number of piperidine rings is 1. The molecule has 0 amide bonds. The topological polar surface area (TPSA) is 55.3 Å². The molecule has 5 heteroatoms. The van der Waals surface area contributed by atoms with Crippen LogP contribution >= 0.6 is 11.6 Å². The first-order valence-corrected chi connectivity index (χ1v) is 7.33. The van der Waals surface area contributed by atoms with E-state index in [1.165, 1.54) is 19.3 Å². The molecule has 0 atom stereocenters. The van der Waals surface area contributed by atoms with Gasteiger partial charge in [-0.25, -0.2) is 0 Å². The number of nitrogen functional groups attached to an aromatic ring is 1. The number of hydrogen-bond donors (Lipinski definition) is 1. The van der Waals surface area contributed by atoms with E-state index in [0.29, 0.717) is 11.6 Å². The molecule has 20 heavy (non-hydrogen) atoms. The summed E-state index contributed by atoms with van der Waals surface area (Å²) in [7, 11) is 0. The quantitative estimate of drug-likeness (QED) is 0.939. The number of anilines is 1. The van der Waals surface area contributed by atoms with Crippen molar-refractivity contribution in [3.8, 4) is 11.3 Å². The molecule has 0 saturated carbocycles. The molecule has 2 N–H and O–H groups in total. The molecule has 0 unspecified atom stereocenters. The van der Waals surface area contributed by atoms with Gasteiger partial charge < -0.3 is 10.3 Å². The number of hydrogen-bond acceptors (Lipinski definition) is 4. The highest BCUT2D eigenvalue weighted by Crippen LogP contribution is 2.28. The summed E-state index contributed by atoms with van der Waals surface area (Å²) >= 11 is 6.39. The zero-order valence-corrected chi connectivity index (χ0v) is 12.1. The van der Waals surface area contributed by atoms with Crippen molar-refractivity contribution in [3.63, 3.8) is 0 Å². The van der Waals surface area contributed by atoms with Crippen LogP contribution in [-0.2, 0) is 6.54 Å².